The van der Waals surface area contributed by atoms with Crippen LogP contribution in [0.2, 0.25) is 15.1 Å². The van der Waals surface area contributed by atoms with E-state index in [0.717, 1.165) is 11.3 Å². The van der Waals surface area contributed by atoms with Crippen LogP contribution in [0, 0.1) is 0 Å². The van der Waals surface area contributed by atoms with E-state index in [2.05, 4.69) is 17.6 Å². The number of hydrogen-bond donors (Lipinski definition) is 1. The SMILES string of the molecule is CSc1ccccc1NC(C)c1ccc(Cl)c(Cl)c1Cl. The summed E-state index contributed by atoms with van der Waals surface area (Å²) < 4.78 is 0. The maximum atomic E-state index is 6.27. The first kappa shape index (κ1) is 15.8. The molecule has 0 radical (unpaired) electrons. The molecule has 2 rings (SSSR count). The fourth-order valence-corrected chi connectivity index (χ4v) is 3.22. The molecule has 2 aromatic rings. The Morgan fingerprint density at radius 2 is 1.70 bits per heavy atom. The highest BCUT2D eigenvalue weighted by Gasteiger charge is 2.15. The van der Waals surface area contributed by atoms with E-state index in [0.29, 0.717) is 15.1 Å². The van der Waals surface area contributed by atoms with Crippen LogP contribution in [0.25, 0.3) is 0 Å². The van der Waals surface area contributed by atoms with Gasteiger partial charge in [-0.05, 0) is 36.9 Å². The van der Waals surface area contributed by atoms with Crippen molar-refractivity contribution in [3.8, 4) is 0 Å². The van der Waals surface area contributed by atoms with Gasteiger partial charge in [-0.15, -0.1) is 11.8 Å². The molecule has 106 valence electrons. The topological polar surface area (TPSA) is 12.0 Å². The minimum atomic E-state index is 0.0329. The Labute approximate surface area is 138 Å². The highest BCUT2D eigenvalue weighted by molar-refractivity contribution is 7.98. The average Bonchev–Trinajstić information content (AvgIpc) is 2.45. The molecule has 1 N–H and O–H groups in total. The number of nitrogens with one attached hydrogen (secondary N) is 1. The van der Waals surface area contributed by atoms with Crippen molar-refractivity contribution in [1.29, 1.82) is 0 Å². The van der Waals surface area contributed by atoms with Gasteiger partial charge in [-0.25, -0.2) is 0 Å². The second kappa shape index (κ2) is 6.95. The lowest BCUT2D eigenvalue weighted by Gasteiger charge is -2.19. The number of benzene rings is 2. The summed E-state index contributed by atoms with van der Waals surface area (Å²) in [6, 6.07) is 11.9. The summed E-state index contributed by atoms with van der Waals surface area (Å²) in [5.74, 6) is 0. The normalized spacial score (nSPS) is 12.2. The molecule has 0 amide bonds. The number of thioether (sulfide) groups is 1. The second-order valence-electron chi connectivity index (χ2n) is 4.33. The Hall–Kier alpha value is -0.540. The molecule has 20 heavy (non-hydrogen) atoms. The van der Waals surface area contributed by atoms with Gasteiger partial charge in [0.1, 0.15) is 0 Å². The largest absolute Gasteiger partial charge is 0.378 e. The molecule has 0 spiro atoms. The van der Waals surface area contributed by atoms with Gasteiger partial charge < -0.3 is 5.32 Å². The van der Waals surface area contributed by atoms with E-state index < -0.39 is 0 Å². The molecule has 1 unspecified atom stereocenters. The molecule has 0 aliphatic rings. The van der Waals surface area contributed by atoms with Crippen LogP contribution >= 0.6 is 46.6 Å². The minimum Gasteiger partial charge on any atom is -0.378 e. The predicted octanol–water partition coefficient (Wildman–Crippen LogP) is 6.54. The van der Waals surface area contributed by atoms with Gasteiger partial charge in [0.05, 0.1) is 21.1 Å². The van der Waals surface area contributed by atoms with Crippen LogP contribution in [-0.4, -0.2) is 6.26 Å². The molecule has 0 aromatic heterocycles. The Morgan fingerprint density at radius 3 is 2.40 bits per heavy atom. The maximum absolute atomic E-state index is 6.27. The standard InChI is InChI=1S/C15H14Cl3NS/c1-9(10-7-8-11(16)15(18)14(10)17)19-12-5-3-4-6-13(12)20-2/h3-9,19H,1-2H3. The summed E-state index contributed by atoms with van der Waals surface area (Å²) >= 11 is 20.0. The first-order valence-electron chi connectivity index (χ1n) is 6.07. The van der Waals surface area contributed by atoms with Gasteiger partial charge in [0.2, 0.25) is 0 Å². The van der Waals surface area contributed by atoms with E-state index in [1.54, 1.807) is 17.8 Å². The second-order valence-corrected chi connectivity index (χ2v) is 6.34. The minimum absolute atomic E-state index is 0.0329. The van der Waals surface area contributed by atoms with Gasteiger partial charge in [-0.1, -0.05) is 53.0 Å². The molecule has 0 heterocycles. The summed E-state index contributed by atoms with van der Waals surface area (Å²) in [6.45, 7) is 2.04. The van der Waals surface area contributed by atoms with E-state index in [4.69, 9.17) is 34.8 Å². The van der Waals surface area contributed by atoms with Gasteiger partial charge >= 0.3 is 0 Å². The van der Waals surface area contributed by atoms with Crippen molar-refractivity contribution in [3.63, 3.8) is 0 Å². The van der Waals surface area contributed by atoms with E-state index in [1.807, 2.05) is 31.2 Å². The molecule has 1 atom stereocenters. The lowest BCUT2D eigenvalue weighted by molar-refractivity contribution is 0.880. The first-order chi connectivity index (χ1) is 9.54. The number of rotatable bonds is 4. The molecule has 2 aromatic carbocycles. The van der Waals surface area contributed by atoms with Gasteiger partial charge in [0.25, 0.3) is 0 Å². The number of halogens is 3. The average molecular weight is 347 g/mol. The lowest BCUT2D eigenvalue weighted by Crippen LogP contribution is -2.08. The molecule has 5 heteroatoms. The van der Waals surface area contributed by atoms with Crippen molar-refractivity contribution in [3.05, 3.63) is 57.0 Å². The first-order valence-corrected chi connectivity index (χ1v) is 8.43. The van der Waals surface area contributed by atoms with Gasteiger partial charge in [0.15, 0.2) is 0 Å². The van der Waals surface area contributed by atoms with Gasteiger partial charge in [-0.3, -0.25) is 0 Å². The van der Waals surface area contributed by atoms with Crippen LogP contribution in [0.5, 0.6) is 0 Å². The molecule has 0 aliphatic carbocycles. The quantitative estimate of drug-likeness (QED) is 0.498. The molecule has 1 nitrogen and oxygen atoms in total. The Bertz CT molecular complexity index is 616. The summed E-state index contributed by atoms with van der Waals surface area (Å²) in [4.78, 5) is 1.19. The van der Waals surface area contributed by atoms with Crippen LogP contribution in [-0.2, 0) is 0 Å². The van der Waals surface area contributed by atoms with Crippen LogP contribution in [0.15, 0.2) is 41.3 Å². The number of para-hydroxylation sites is 1. The molecular weight excluding hydrogens is 333 g/mol. The molecule has 0 bridgehead atoms. The molecular formula is C15H14Cl3NS. The Balaban J connectivity index is 2.29. The van der Waals surface area contributed by atoms with Crippen molar-refractivity contribution < 1.29 is 0 Å². The monoisotopic (exact) mass is 345 g/mol. The van der Waals surface area contributed by atoms with Crippen LogP contribution in [0.4, 0.5) is 5.69 Å². The summed E-state index contributed by atoms with van der Waals surface area (Å²) in [7, 11) is 0. The molecule has 0 fully saturated rings. The molecule has 0 saturated heterocycles. The van der Waals surface area contributed by atoms with E-state index in [1.165, 1.54) is 4.90 Å². The highest BCUT2D eigenvalue weighted by atomic mass is 35.5. The Morgan fingerprint density at radius 1 is 1.00 bits per heavy atom. The van der Waals surface area contributed by atoms with Crippen molar-refractivity contribution >= 4 is 52.3 Å². The molecule has 0 saturated carbocycles. The third-order valence-electron chi connectivity index (χ3n) is 3.01. The summed E-state index contributed by atoms with van der Waals surface area (Å²) in [5, 5.41) is 4.83. The highest BCUT2D eigenvalue weighted by Crippen LogP contribution is 2.37. The van der Waals surface area contributed by atoms with Crippen molar-refractivity contribution in [2.75, 3.05) is 11.6 Å². The maximum Gasteiger partial charge on any atom is 0.0782 e. The van der Waals surface area contributed by atoms with E-state index in [9.17, 15) is 0 Å². The van der Waals surface area contributed by atoms with Crippen molar-refractivity contribution in [2.24, 2.45) is 0 Å². The van der Waals surface area contributed by atoms with Crippen LogP contribution in [0.1, 0.15) is 18.5 Å². The zero-order valence-corrected chi connectivity index (χ0v) is 14.2. The van der Waals surface area contributed by atoms with Crippen molar-refractivity contribution in [1.82, 2.24) is 0 Å². The lowest BCUT2D eigenvalue weighted by atomic mass is 10.1. The van der Waals surface area contributed by atoms with Crippen LogP contribution in [0.3, 0.4) is 0 Å². The summed E-state index contributed by atoms with van der Waals surface area (Å²) in [5.41, 5.74) is 2.01. The van der Waals surface area contributed by atoms with Crippen LogP contribution < -0.4 is 5.32 Å². The third-order valence-corrected chi connectivity index (χ3v) is 5.11. The zero-order chi connectivity index (χ0) is 14.7. The van der Waals surface area contributed by atoms with E-state index in [-0.39, 0.29) is 6.04 Å². The van der Waals surface area contributed by atoms with Gasteiger partial charge in [-0.2, -0.15) is 0 Å². The Kier molecular flexibility index (Phi) is 5.50. The predicted molar refractivity (Wildman–Crippen MR) is 91.7 cm³/mol. The number of hydrogen-bond acceptors (Lipinski definition) is 2. The smallest absolute Gasteiger partial charge is 0.0782 e. The fraction of sp³-hybridized carbons (Fsp3) is 0.200. The van der Waals surface area contributed by atoms with Gasteiger partial charge in [0, 0.05) is 10.6 Å². The molecule has 0 aliphatic heterocycles. The fourth-order valence-electron chi connectivity index (χ4n) is 1.95. The summed E-state index contributed by atoms with van der Waals surface area (Å²) in [6.07, 6.45) is 2.05. The van der Waals surface area contributed by atoms with E-state index >= 15 is 0 Å². The zero-order valence-electron chi connectivity index (χ0n) is 11.1. The number of anilines is 1. The van der Waals surface area contributed by atoms with Crippen molar-refractivity contribution in [2.45, 2.75) is 17.9 Å². The third kappa shape index (κ3) is 3.37.